The standard InChI is InChI=1S/C12H15IN2O2S/c1-7-5-18-9(8(7)13)10(16)15-4-3-12(2,6-15)11(14)17/h5H,3-4,6H2,1-2H3,(H2,14,17). The van der Waals surface area contributed by atoms with Gasteiger partial charge in [-0.2, -0.15) is 0 Å². The van der Waals surface area contributed by atoms with Gasteiger partial charge in [-0.05, 0) is 53.8 Å². The summed E-state index contributed by atoms with van der Waals surface area (Å²) in [4.78, 5) is 26.3. The van der Waals surface area contributed by atoms with Gasteiger partial charge in [0.1, 0.15) is 4.88 Å². The van der Waals surface area contributed by atoms with Crippen molar-refractivity contribution >= 4 is 45.7 Å². The van der Waals surface area contributed by atoms with Gasteiger partial charge in [0.25, 0.3) is 5.91 Å². The second kappa shape index (κ2) is 4.80. The molecule has 2 heterocycles. The van der Waals surface area contributed by atoms with Crippen LogP contribution >= 0.6 is 33.9 Å². The minimum absolute atomic E-state index is 0.0162. The van der Waals surface area contributed by atoms with E-state index < -0.39 is 5.41 Å². The highest BCUT2D eigenvalue weighted by atomic mass is 127. The van der Waals surface area contributed by atoms with Crippen LogP contribution < -0.4 is 5.73 Å². The van der Waals surface area contributed by atoms with Crippen LogP contribution in [0.1, 0.15) is 28.6 Å². The number of thiophene rings is 1. The van der Waals surface area contributed by atoms with Crippen molar-refractivity contribution in [2.45, 2.75) is 20.3 Å². The van der Waals surface area contributed by atoms with E-state index >= 15 is 0 Å². The molecule has 0 spiro atoms. The molecule has 4 nitrogen and oxygen atoms in total. The zero-order valence-electron chi connectivity index (χ0n) is 10.3. The van der Waals surface area contributed by atoms with Crippen molar-refractivity contribution in [3.63, 3.8) is 0 Å². The molecule has 1 aromatic heterocycles. The highest BCUT2D eigenvalue weighted by molar-refractivity contribution is 14.1. The first-order valence-corrected chi connectivity index (χ1v) is 7.64. The summed E-state index contributed by atoms with van der Waals surface area (Å²) < 4.78 is 1.01. The Labute approximate surface area is 124 Å². The maximum Gasteiger partial charge on any atom is 0.265 e. The van der Waals surface area contributed by atoms with E-state index in [0.29, 0.717) is 19.5 Å². The summed E-state index contributed by atoms with van der Waals surface area (Å²) in [5, 5.41) is 1.98. The van der Waals surface area contributed by atoms with Gasteiger partial charge in [0, 0.05) is 16.7 Å². The predicted octanol–water partition coefficient (Wildman–Crippen LogP) is 2.00. The number of rotatable bonds is 2. The van der Waals surface area contributed by atoms with Crippen molar-refractivity contribution in [1.29, 1.82) is 0 Å². The predicted molar refractivity (Wildman–Crippen MR) is 79.6 cm³/mol. The summed E-state index contributed by atoms with van der Waals surface area (Å²) >= 11 is 3.66. The van der Waals surface area contributed by atoms with Gasteiger partial charge in [0.2, 0.25) is 5.91 Å². The third-order valence-electron chi connectivity index (χ3n) is 3.45. The first kappa shape index (κ1) is 13.8. The molecule has 2 N–H and O–H groups in total. The summed E-state index contributed by atoms with van der Waals surface area (Å²) in [6.07, 6.45) is 0.648. The van der Waals surface area contributed by atoms with Crippen molar-refractivity contribution in [3.05, 3.63) is 19.4 Å². The maximum atomic E-state index is 12.4. The summed E-state index contributed by atoms with van der Waals surface area (Å²) in [5.41, 5.74) is 5.94. The van der Waals surface area contributed by atoms with Crippen LogP contribution in [-0.2, 0) is 4.79 Å². The highest BCUT2D eigenvalue weighted by Crippen LogP contribution is 2.32. The molecule has 0 bridgehead atoms. The number of likely N-dealkylation sites (tertiary alicyclic amines) is 1. The van der Waals surface area contributed by atoms with Crippen LogP contribution in [0.2, 0.25) is 0 Å². The number of nitrogens with zero attached hydrogens (tertiary/aromatic N) is 1. The smallest absolute Gasteiger partial charge is 0.265 e. The fourth-order valence-electron chi connectivity index (χ4n) is 2.05. The average Bonchev–Trinajstić information content (AvgIpc) is 2.85. The first-order chi connectivity index (χ1) is 8.35. The molecule has 0 aliphatic carbocycles. The molecule has 2 rings (SSSR count). The zero-order valence-corrected chi connectivity index (χ0v) is 13.3. The Morgan fingerprint density at radius 3 is 2.67 bits per heavy atom. The summed E-state index contributed by atoms with van der Waals surface area (Å²) in [6.45, 7) is 4.85. The largest absolute Gasteiger partial charge is 0.369 e. The Hall–Kier alpha value is -0.630. The van der Waals surface area contributed by atoms with E-state index in [0.717, 1.165) is 14.0 Å². The van der Waals surface area contributed by atoms with Gasteiger partial charge in [-0.1, -0.05) is 0 Å². The molecule has 1 unspecified atom stereocenters. The number of aryl methyl sites for hydroxylation is 1. The fourth-order valence-corrected chi connectivity index (χ4v) is 3.94. The van der Waals surface area contributed by atoms with Crippen LogP contribution in [0.15, 0.2) is 5.38 Å². The topological polar surface area (TPSA) is 63.4 Å². The number of carbonyl (C=O) groups is 2. The Kier molecular flexibility index (Phi) is 3.68. The van der Waals surface area contributed by atoms with Gasteiger partial charge >= 0.3 is 0 Å². The highest BCUT2D eigenvalue weighted by Gasteiger charge is 2.41. The Morgan fingerprint density at radius 2 is 2.22 bits per heavy atom. The fraction of sp³-hybridized carbons (Fsp3) is 0.500. The Morgan fingerprint density at radius 1 is 1.56 bits per heavy atom. The van der Waals surface area contributed by atoms with E-state index in [1.165, 1.54) is 11.3 Å². The number of carbonyl (C=O) groups excluding carboxylic acids is 2. The van der Waals surface area contributed by atoms with Gasteiger partial charge < -0.3 is 10.6 Å². The molecule has 1 aliphatic rings. The molecule has 98 valence electrons. The second-order valence-electron chi connectivity index (χ2n) is 4.96. The van der Waals surface area contributed by atoms with Crippen LogP contribution in [0.25, 0.3) is 0 Å². The Balaban J connectivity index is 2.18. The second-order valence-corrected chi connectivity index (χ2v) is 6.92. The van der Waals surface area contributed by atoms with E-state index in [1.807, 2.05) is 19.2 Å². The van der Waals surface area contributed by atoms with Crippen LogP contribution in [0, 0.1) is 15.9 Å². The van der Waals surface area contributed by atoms with E-state index in [4.69, 9.17) is 5.73 Å². The van der Waals surface area contributed by atoms with Gasteiger partial charge in [-0.15, -0.1) is 11.3 Å². The normalized spacial score (nSPS) is 23.4. The molecule has 6 heteroatoms. The van der Waals surface area contributed by atoms with Gasteiger partial charge in [-0.25, -0.2) is 0 Å². The number of amides is 2. The molecule has 1 aromatic rings. The Bertz CT molecular complexity index is 514. The SMILES string of the molecule is Cc1csc(C(=O)N2CCC(C)(C(N)=O)C2)c1I. The monoisotopic (exact) mass is 378 g/mol. The molecular weight excluding hydrogens is 363 g/mol. The number of hydrogen-bond donors (Lipinski definition) is 1. The molecule has 1 atom stereocenters. The third-order valence-corrected chi connectivity index (χ3v) is 6.29. The minimum Gasteiger partial charge on any atom is -0.369 e. The molecule has 18 heavy (non-hydrogen) atoms. The van der Waals surface area contributed by atoms with Crippen molar-refractivity contribution in [2.24, 2.45) is 11.1 Å². The van der Waals surface area contributed by atoms with Crippen molar-refractivity contribution < 1.29 is 9.59 Å². The summed E-state index contributed by atoms with van der Waals surface area (Å²) in [5.74, 6) is -0.308. The quantitative estimate of drug-likeness (QED) is 0.801. The lowest BCUT2D eigenvalue weighted by Crippen LogP contribution is -2.38. The van der Waals surface area contributed by atoms with Gasteiger partial charge in [-0.3, -0.25) is 9.59 Å². The molecule has 1 aliphatic heterocycles. The lowest BCUT2D eigenvalue weighted by Gasteiger charge is -2.20. The zero-order chi connectivity index (χ0) is 13.5. The van der Waals surface area contributed by atoms with Crippen molar-refractivity contribution in [3.8, 4) is 0 Å². The molecule has 1 fully saturated rings. The number of nitrogens with two attached hydrogens (primary N) is 1. The molecule has 2 amide bonds. The van der Waals surface area contributed by atoms with Crippen LogP contribution in [-0.4, -0.2) is 29.8 Å². The molecule has 0 saturated carbocycles. The third kappa shape index (κ3) is 2.27. The number of halogens is 1. The van der Waals surface area contributed by atoms with Crippen LogP contribution in [0.4, 0.5) is 0 Å². The van der Waals surface area contributed by atoms with Crippen molar-refractivity contribution in [1.82, 2.24) is 4.90 Å². The van der Waals surface area contributed by atoms with Gasteiger partial charge in [0.15, 0.2) is 0 Å². The molecule has 0 aromatic carbocycles. The van der Waals surface area contributed by atoms with E-state index in [1.54, 1.807) is 4.90 Å². The lowest BCUT2D eigenvalue weighted by molar-refractivity contribution is -0.126. The van der Waals surface area contributed by atoms with E-state index in [-0.39, 0.29) is 11.8 Å². The summed E-state index contributed by atoms with van der Waals surface area (Å²) in [6, 6.07) is 0. The number of primary amides is 1. The molecular formula is C12H15IN2O2S. The summed E-state index contributed by atoms with van der Waals surface area (Å²) in [7, 11) is 0. The maximum absolute atomic E-state index is 12.4. The van der Waals surface area contributed by atoms with Gasteiger partial charge in [0.05, 0.1) is 5.41 Å². The van der Waals surface area contributed by atoms with E-state index in [2.05, 4.69) is 22.6 Å². The molecule has 0 radical (unpaired) electrons. The minimum atomic E-state index is -0.576. The first-order valence-electron chi connectivity index (χ1n) is 5.68. The van der Waals surface area contributed by atoms with Crippen LogP contribution in [0.3, 0.4) is 0 Å². The van der Waals surface area contributed by atoms with E-state index in [9.17, 15) is 9.59 Å². The number of hydrogen-bond acceptors (Lipinski definition) is 3. The van der Waals surface area contributed by atoms with Crippen molar-refractivity contribution in [2.75, 3.05) is 13.1 Å². The average molecular weight is 378 g/mol. The van der Waals surface area contributed by atoms with Crippen LogP contribution in [0.5, 0.6) is 0 Å². The lowest BCUT2D eigenvalue weighted by atomic mass is 9.89. The molecule has 1 saturated heterocycles.